The van der Waals surface area contributed by atoms with Crippen molar-refractivity contribution < 1.29 is 13.2 Å². The standard InChI is InChI=1S/C14H20N2O3S/c1-16(9-10-20(2,18)19)13(17)14(7-8-14)11-3-5-12(15)6-4-11/h3-6H,7-10,15H2,1-2H3. The summed E-state index contributed by atoms with van der Waals surface area (Å²) < 4.78 is 22.4. The van der Waals surface area contributed by atoms with Crippen LogP contribution in [-0.2, 0) is 20.0 Å². The number of hydrogen-bond donors (Lipinski definition) is 1. The zero-order valence-corrected chi connectivity index (χ0v) is 12.6. The highest BCUT2D eigenvalue weighted by molar-refractivity contribution is 7.90. The average Bonchev–Trinajstić information content (AvgIpc) is 3.16. The van der Waals surface area contributed by atoms with E-state index in [1.165, 1.54) is 11.2 Å². The zero-order chi connectivity index (χ0) is 15.0. The fraction of sp³-hybridized carbons (Fsp3) is 0.500. The first kappa shape index (κ1) is 14.8. The van der Waals surface area contributed by atoms with Crippen LogP contribution in [0.2, 0.25) is 0 Å². The summed E-state index contributed by atoms with van der Waals surface area (Å²) in [6.07, 6.45) is 2.79. The lowest BCUT2D eigenvalue weighted by Gasteiger charge is -2.23. The van der Waals surface area contributed by atoms with Crippen molar-refractivity contribution in [1.29, 1.82) is 0 Å². The Morgan fingerprint density at radius 3 is 2.30 bits per heavy atom. The molecule has 1 amide bonds. The van der Waals surface area contributed by atoms with E-state index in [0.717, 1.165) is 18.4 Å². The summed E-state index contributed by atoms with van der Waals surface area (Å²) in [5.74, 6) is -0.0153. The summed E-state index contributed by atoms with van der Waals surface area (Å²) in [7, 11) is -1.40. The molecule has 20 heavy (non-hydrogen) atoms. The van der Waals surface area contributed by atoms with E-state index in [1.807, 2.05) is 12.1 Å². The summed E-state index contributed by atoms with van der Waals surface area (Å²) in [6, 6.07) is 7.34. The molecule has 0 aromatic heterocycles. The zero-order valence-electron chi connectivity index (χ0n) is 11.8. The van der Waals surface area contributed by atoms with E-state index in [2.05, 4.69) is 0 Å². The summed E-state index contributed by atoms with van der Waals surface area (Å²) >= 11 is 0. The van der Waals surface area contributed by atoms with Crippen LogP contribution in [0.25, 0.3) is 0 Å². The van der Waals surface area contributed by atoms with E-state index in [9.17, 15) is 13.2 Å². The largest absolute Gasteiger partial charge is 0.399 e. The summed E-state index contributed by atoms with van der Waals surface area (Å²) in [4.78, 5) is 14.0. The smallest absolute Gasteiger partial charge is 0.232 e. The molecule has 2 rings (SSSR count). The van der Waals surface area contributed by atoms with E-state index < -0.39 is 15.3 Å². The van der Waals surface area contributed by atoms with Crippen molar-refractivity contribution in [1.82, 2.24) is 4.90 Å². The molecule has 0 unspecified atom stereocenters. The number of anilines is 1. The molecule has 1 aliphatic rings. The molecule has 1 aliphatic carbocycles. The van der Waals surface area contributed by atoms with Gasteiger partial charge in [0.05, 0.1) is 11.2 Å². The van der Waals surface area contributed by atoms with E-state index in [-0.39, 0.29) is 18.2 Å². The lowest BCUT2D eigenvalue weighted by molar-refractivity contribution is -0.132. The number of sulfone groups is 1. The number of carbonyl (C=O) groups excluding carboxylic acids is 1. The average molecular weight is 296 g/mol. The first-order chi connectivity index (χ1) is 9.24. The number of benzene rings is 1. The molecule has 0 bridgehead atoms. The normalized spacial score (nSPS) is 16.7. The van der Waals surface area contributed by atoms with E-state index >= 15 is 0 Å². The minimum Gasteiger partial charge on any atom is -0.399 e. The molecule has 0 saturated heterocycles. The number of amides is 1. The minimum absolute atomic E-state index is 0.00689. The second kappa shape index (κ2) is 5.09. The van der Waals surface area contributed by atoms with Gasteiger partial charge in [0.2, 0.25) is 5.91 Å². The van der Waals surface area contributed by atoms with Crippen LogP contribution in [0.1, 0.15) is 18.4 Å². The molecule has 0 heterocycles. The Kier molecular flexibility index (Phi) is 3.77. The SMILES string of the molecule is CN(CCS(C)(=O)=O)C(=O)C1(c2ccc(N)cc2)CC1. The molecular weight excluding hydrogens is 276 g/mol. The predicted molar refractivity (Wildman–Crippen MR) is 79.1 cm³/mol. The van der Waals surface area contributed by atoms with E-state index in [1.54, 1.807) is 19.2 Å². The van der Waals surface area contributed by atoms with E-state index in [4.69, 9.17) is 5.73 Å². The Morgan fingerprint density at radius 1 is 1.30 bits per heavy atom. The summed E-state index contributed by atoms with van der Waals surface area (Å²) in [5.41, 5.74) is 6.82. The van der Waals surface area contributed by atoms with Crippen molar-refractivity contribution in [2.75, 3.05) is 31.3 Å². The molecule has 1 aromatic rings. The van der Waals surface area contributed by atoms with Gasteiger partial charge in [-0.2, -0.15) is 0 Å². The number of rotatable bonds is 5. The van der Waals surface area contributed by atoms with Crippen molar-refractivity contribution in [2.24, 2.45) is 0 Å². The molecule has 0 radical (unpaired) electrons. The fourth-order valence-corrected chi connectivity index (χ4v) is 2.93. The van der Waals surface area contributed by atoms with Crippen LogP contribution in [0.15, 0.2) is 24.3 Å². The number of nitrogen functional groups attached to an aromatic ring is 1. The molecule has 5 nitrogen and oxygen atoms in total. The molecule has 0 aliphatic heterocycles. The monoisotopic (exact) mass is 296 g/mol. The van der Waals surface area contributed by atoms with Gasteiger partial charge in [-0.25, -0.2) is 8.42 Å². The van der Waals surface area contributed by atoms with Crippen LogP contribution in [0.5, 0.6) is 0 Å². The number of likely N-dealkylation sites (N-methyl/N-ethyl adjacent to an activating group) is 1. The van der Waals surface area contributed by atoms with Gasteiger partial charge in [0.1, 0.15) is 9.84 Å². The van der Waals surface area contributed by atoms with Gasteiger partial charge in [0.25, 0.3) is 0 Å². The first-order valence-electron chi connectivity index (χ1n) is 6.54. The maximum absolute atomic E-state index is 12.5. The highest BCUT2D eigenvalue weighted by Gasteiger charge is 2.52. The Morgan fingerprint density at radius 2 is 1.85 bits per heavy atom. The van der Waals surface area contributed by atoms with Crippen molar-refractivity contribution in [2.45, 2.75) is 18.3 Å². The van der Waals surface area contributed by atoms with Gasteiger partial charge >= 0.3 is 0 Å². The Balaban J connectivity index is 2.10. The lowest BCUT2D eigenvalue weighted by Crippen LogP contribution is -2.39. The molecule has 6 heteroatoms. The quantitative estimate of drug-likeness (QED) is 0.815. The van der Waals surface area contributed by atoms with Crippen molar-refractivity contribution in [3.05, 3.63) is 29.8 Å². The van der Waals surface area contributed by atoms with Gasteiger partial charge in [-0.05, 0) is 30.5 Å². The fourth-order valence-electron chi connectivity index (χ4n) is 2.32. The van der Waals surface area contributed by atoms with Crippen LogP contribution < -0.4 is 5.73 Å². The molecule has 1 aromatic carbocycles. The van der Waals surface area contributed by atoms with Crippen LogP contribution in [0.3, 0.4) is 0 Å². The summed E-state index contributed by atoms with van der Waals surface area (Å²) in [6.45, 7) is 0.231. The maximum atomic E-state index is 12.5. The highest BCUT2D eigenvalue weighted by Crippen LogP contribution is 2.49. The number of hydrogen-bond acceptors (Lipinski definition) is 4. The molecule has 1 saturated carbocycles. The Bertz CT molecular complexity index is 604. The van der Waals surface area contributed by atoms with Crippen molar-refractivity contribution >= 4 is 21.4 Å². The van der Waals surface area contributed by atoms with Crippen LogP contribution >= 0.6 is 0 Å². The van der Waals surface area contributed by atoms with Gasteiger partial charge in [-0.3, -0.25) is 4.79 Å². The third-order valence-corrected chi connectivity index (χ3v) is 4.69. The highest BCUT2D eigenvalue weighted by atomic mass is 32.2. The van der Waals surface area contributed by atoms with Crippen LogP contribution in [0.4, 0.5) is 5.69 Å². The Hall–Kier alpha value is -1.56. The van der Waals surface area contributed by atoms with Crippen LogP contribution in [0, 0.1) is 0 Å². The lowest BCUT2D eigenvalue weighted by atomic mass is 9.94. The van der Waals surface area contributed by atoms with Crippen LogP contribution in [-0.4, -0.2) is 44.8 Å². The van der Waals surface area contributed by atoms with Gasteiger partial charge in [0, 0.05) is 25.5 Å². The minimum atomic E-state index is -3.06. The number of carbonyl (C=O) groups is 1. The van der Waals surface area contributed by atoms with Gasteiger partial charge in [-0.1, -0.05) is 12.1 Å². The van der Waals surface area contributed by atoms with Gasteiger partial charge in [-0.15, -0.1) is 0 Å². The second-order valence-corrected chi connectivity index (χ2v) is 7.82. The van der Waals surface area contributed by atoms with E-state index in [0.29, 0.717) is 5.69 Å². The second-order valence-electron chi connectivity index (χ2n) is 5.56. The first-order valence-corrected chi connectivity index (χ1v) is 8.60. The topological polar surface area (TPSA) is 80.5 Å². The molecule has 1 fully saturated rings. The summed E-state index contributed by atoms with van der Waals surface area (Å²) in [5, 5.41) is 0. The predicted octanol–water partition coefficient (Wildman–Crippen LogP) is 0.803. The molecule has 0 atom stereocenters. The molecule has 0 spiro atoms. The third-order valence-electron chi connectivity index (χ3n) is 3.77. The van der Waals surface area contributed by atoms with Crippen molar-refractivity contribution in [3.63, 3.8) is 0 Å². The molecule has 110 valence electrons. The van der Waals surface area contributed by atoms with Crippen molar-refractivity contribution in [3.8, 4) is 0 Å². The van der Waals surface area contributed by atoms with Gasteiger partial charge < -0.3 is 10.6 Å². The maximum Gasteiger partial charge on any atom is 0.232 e. The third kappa shape index (κ3) is 3.12. The molecular formula is C14H20N2O3S. The molecule has 2 N–H and O–H groups in total. The Labute approximate surface area is 119 Å². The number of nitrogens with zero attached hydrogens (tertiary/aromatic N) is 1. The van der Waals surface area contributed by atoms with Gasteiger partial charge in [0.15, 0.2) is 0 Å². The number of nitrogens with two attached hydrogens (primary N) is 1.